The van der Waals surface area contributed by atoms with Crippen LogP contribution in [0.4, 0.5) is 38.1 Å². The quantitative estimate of drug-likeness (QED) is 0.198. The molecule has 0 aliphatic carbocycles. The first-order chi connectivity index (χ1) is 22.4. The Morgan fingerprint density at radius 3 is 2.49 bits per heavy atom. The summed E-state index contributed by atoms with van der Waals surface area (Å²) in [6, 6.07) is 12.1. The minimum absolute atomic E-state index is 0.123. The minimum atomic E-state index is -4.81. The van der Waals surface area contributed by atoms with Crippen LogP contribution in [0.1, 0.15) is 42.3 Å². The molecular formula is C32H29F5N6O3S. The van der Waals surface area contributed by atoms with Crippen molar-refractivity contribution in [3.05, 3.63) is 95.1 Å². The summed E-state index contributed by atoms with van der Waals surface area (Å²) < 4.78 is 78.2. The van der Waals surface area contributed by atoms with Gasteiger partial charge in [-0.2, -0.15) is 4.99 Å². The van der Waals surface area contributed by atoms with Crippen LogP contribution in [-0.4, -0.2) is 51.4 Å². The second kappa shape index (κ2) is 14.3. The summed E-state index contributed by atoms with van der Waals surface area (Å²) in [5.41, 5.74) is 2.75. The second-order valence-corrected chi connectivity index (χ2v) is 11.7. The van der Waals surface area contributed by atoms with Gasteiger partial charge >= 0.3 is 12.4 Å². The molecule has 9 nitrogen and oxygen atoms in total. The largest absolute Gasteiger partial charge is 0.573 e. The zero-order valence-corrected chi connectivity index (χ0v) is 26.2. The molecule has 0 atom stereocenters. The van der Waals surface area contributed by atoms with E-state index in [9.17, 15) is 18.0 Å². The number of nitrogens with one attached hydrogen (secondary N) is 1. The maximum absolute atomic E-state index is 15.0. The first-order valence-electron chi connectivity index (χ1n) is 14.3. The molecule has 1 aliphatic heterocycles. The number of carbonyl (C=O) groups is 1. The molecule has 0 unspecified atom stereocenters. The number of aromatic nitrogens is 3. The number of amides is 2. The first-order valence-corrected chi connectivity index (χ1v) is 15.3. The number of nitrogens with zero attached hydrogens (tertiary/aromatic N) is 5. The van der Waals surface area contributed by atoms with E-state index in [2.05, 4.69) is 39.0 Å². The molecule has 246 valence electrons. The van der Waals surface area contributed by atoms with Crippen LogP contribution in [0.25, 0.3) is 17.8 Å². The van der Waals surface area contributed by atoms with Gasteiger partial charge in [-0.1, -0.05) is 43.8 Å². The van der Waals surface area contributed by atoms with Crippen molar-refractivity contribution in [2.75, 3.05) is 29.3 Å². The lowest BCUT2D eigenvalue weighted by atomic mass is 9.99. The maximum atomic E-state index is 15.0. The van der Waals surface area contributed by atoms with Gasteiger partial charge in [-0.25, -0.2) is 23.2 Å². The number of aryl methyl sites for hydroxylation is 1. The Morgan fingerprint density at radius 1 is 1.09 bits per heavy atom. The van der Waals surface area contributed by atoms with Crippen LogP contribution in [0.15, 0.2) is 65.9 Å². The molecule has 15 heteroatoms. The highest BCUT2D eigenvalue weighted by molar-refractivity contribution is 8.14. The van der Waals surface area contributed by atoms with Crippen molar-refractivity contribution < 1.29 is 36.2 Å². The summed E-state index contributed by atoms with van der Waals surface area (Å²) in [5, 5.41) is 6.76. The number of hydrogen-bond donors (Lipinski definition) is 1. The fourth-order valence-corrected chi connectivity index (χ4v) is 5.44. The van der Waals surface area contributed by atoms with E-state index >= 15 is 8.78 Å². The number of rotatable bonds is 7. The highest BCUT2D eigenvalue weighted by atomic mass is 32.2. The normalized spacial score (nSPS) is 15.0. The molecule has 5 rings (SSSR count). The van der Waals surface area contributed by atoms with Gasteiger partial charge in [0.15, 0.2) is 11.0 Å². The minimum Gasteiger partial charge on any atom is -0.406 e. The number of amidine groups is 1. The fraction of sp³-hybridized carbons (Fsp3) is 0.250. The number of anilines is 2. The lowest BCUT2D eigenvalue weighted by Gasteiger charge is -2.27. The molecule has 1 aromatic heterocycles. The zero-order chi connectivity index (χ0) is 33.7. The molecule has 1 fully saturated rings. The summed E-state index contributed by atoms with van der Waals surface area (Å²) in [5.74, 6) is -1.55. The molecule has 1 N–H and O–H groups in total. The summed E-state index contributed by atoms with van der Waals surface area (Å²) in [6.45, 7) is 6.66. The van der Waals surface area contributed by atoms with E-state index in [1.54, 1.807) is 4.90 Å². The Morgan fingerprint density at radius 2 is 1.81 bits per heavy atom. The van der Waals surface area contributed by atoms with Gasteiger partial charge < -0.3 is 14.8 Å². The summed E-state index contributed by atoms with van der Waals surface area (Å²) >= 11 is 1.30. The van der Waals surface area contributed by atoms with E-state index in [0.29, 0.717) is 23.2 Å². The molecule has 1 aliphatic rings. The summed E-state index contributed by atoms with van der Waals surface area (Å²) in [4.78, 5) is 23.0. The lowest BCUT2D eigenvalue weighted by Crippen LogP contribution is -2.32. The molecule has 0 bridgehead atoms. The average Bonchev–Trinajstić information content (AvgIpc) is 3.36. The van der Waals surface area contributed by atoms with Crippen molar-refractivity contribution in [1.82, 2.24) is 14.8 Å². The van der Waals surface area contributed by atoms with Gasteiger partial charge in [-0.15, -0.1) is 18.3 Å². The van der Waals surface area contributed by atoms with Crippen LogP contribution < -0.4 is 15.0 Å². The van der Waals surface area contributed by atoms with Crippen LogP contribution in [0, 0.1) is 18.6 Å². The van der Waals surface area contributed by atoms with E-state index in [-0.39, 0.29) is 29.8 Å². The van der Waals surface area contributed by atoms with Crippen molar-refractivity contribution in [3.8, 4) is 11.4 Å². The predicted octanol–water partition coefficient (Wildman–Crippen LogP) is 8.16. The van der Waals surface area contributed by atoms with E-state index in [1.807, 2.05) is 25.1 Å². The third-order valence-corrected chi connectivity index (χ3v) is 7.71. The molecular weight excluding hydrogens is 643 g/mol. The van der Waals surface area contributed by atoms with Gasteiger partial charge in [0.1, 0.15) is 36.1 Å². The number of aliphatic imine (C=N–C) groups is 1. The molecule has 47 heavy (non-hydrogen) atoms. The number of benzene rings is 3. The number of ether oxygens (including phenoxy) is 2. The maximum Gasteiger partial charge on any atom is 0.573 e. The van der Waals surface area contributed by atoms with E-state index < -0.39 is 29.7 Å². The Labute approximate surface area is 271 Å². The topological polar surface area (TPSA) is 93.9 Å². The van der Waals surface area contributed by atoms with Crippen molar-refractivity contribution in [2.24, 2.45) is 4.99 Å². The summed E-state index contributed by atoms with van der Waals surface area (Å²) in [6.07, 6.45) is -0.725. The predicted molar refractivity (Wildman–Crippen MR) is 171 cm³/mol. The van der Waals surface area contributed by atoms with Crippen molar-refractivity contribution in [2.45, 2.75) is 33.1 Å². The molecule has 4 aromatic rings. The molecule has 1 saturated heterocycles. The van der Waals surface area contributed by atoms with Gasteiger partial charge in [0, 0.05) is 11.4 Å². The Hall–Kier alpha value is -4.76. The smallest absolute Gasteiger partial charge is 0.406 e. The standard InChI is InChI=1S/C32H29F5N6O3S/c1-19(2)24-10-4-20(3)14-27(24)42-18-45-12-13-47-31(42)40-30(44)39-29-25(33)15-21(16-26(29)34)5-11-28-38-17-43(41-28)22-6-8-23(9-7-22)46-32(35,36)37/h4-11,14-17,19H,12-13,18H2,1-3H3,(H,39,44)/b11-5+,40-31?. The number of halogens is 5. The highest BCUT2D eigenvalue weighted by Gasteiger charge is 2.31. The highest BCUT2D eigenvalue weighted by Crippen LogP contribution is 2.32. The van der Waals surface area contributed by atoms with Gasteiger partial charge in [-0.05, 0) is 78.1 Å². The van der Waals surface area contributed by atoms with Crippen LogP contribution in [0.5, 0.6) is 5.75 Å². The Bertz CT molecular complexity index is 1780. The van der Waals surface area contributed by atoms with Crippen molar-refractivity contribution in [3.63, 3.8) is 0 Å². The van der Waals surface area contributed by atoms with E-state index in [0.717, 1.165) is 41.1 Å². The first kappa shape index (κ1) is 33.6. The zero-order valence-electron chi connectivity index (χ0n) is 25.4. The molecule has 0 spiro atoms. The van der Waals surface area contributed by atoms with Crippen molar-refractivity contribution in [1.29, 1.82) is 0 Å². The van der Waals surface area contributed by atoms with Gasteiger partial charge in [0.25, 0.3) is 0 Å². The lowest BCUT2D eigenvalue weighted by molar-refractivity contribution is -0.274. The SMILES string of the molecule is Cc1ccc(C(C)C)c(N2COCCSC2=NC(=O)Nc2c(F)cc(/C=C/c3ncn(-c4ccc(OC(F)(F)F)cc4)n3)cc2F)c1. The van der Waals surface area contributed by atoms with E-state index in [1.165, 1.54) is 47.1 Å². The van der Waals surface area contributed by atoms with Crippen LogP contribution in [0.2, 0.25) is 0 Å². The number of carbonyl (C=O) groups excluding carboxylic acids is 1. The Kier molecular flexibility index (Phi) is 10.3. The van der Waals surface area contributed by atoms with Gasteiger partial charge in [-0.3, -0.25) is 4.90 Å². The molecule has 3 aromatic carbocycles. The summed E-state index contributed by atoms with van der Waals surface area (Å²) in [7, 11) is 0. The third-order valence-electron chi connectivity index (χ3n) is 6.77. The van der Waals surface area contributed by atoms with Gasteiger partial charge in [0.2, 0.25) is 0 Å². The molecule has 2 amide bonds. The molecule has 2 heterocycles. The van der Waals surface area contributed by atoms with Crippen molar-refractivity contribution >= 4 is 46.5 Å². The van der Waals surface area contributed by atoms with Crippen LogP contribution in [0.3, 0.4) is 0 Å². The monoisotopic (exact) mass is 672 g/mol. The molecule has 0 radical (unpaired) electrons. The van der Waals surface area contributed by atoms with Crippen LogP contribution in [-0.2, 0) is 4.74 Å². The number of alkyl halides is 3. The average molecular weight is 673 g/mol. The van der Waals surface area contributed by atoms with E-state index in [4.69, 9.17) is 4.74 Å². The number of urea groups is 1. The third kappa shape index (κ3) is 8.74. The fourth-order valence-electron chi connectivity index (χ4n) is 4.60. The molecule has 0 saturated carbocycles. The Balaban J connectivity index is 1.29. The number of hydrogen-bond acceptors (Lipinski definition) is 6. The number of thioether (sulfide) groups is 1. The van der Waals surface area contributed by atoms with Crippen LogP contribution >= 0.6 is 11.8 Å². The van der Waals surface area contributed by atoms with Gasteiger partial charge in [0.05, 0.1) is 12.3 Å². The second-order valence-electron chi connectivity index (χ2n) is 10.6.